The highest BCUT2D eigenvalue weighted by Gasteiger charge is 2.54. The van der Waals surface area contributed by atoms with Crippen LogP contribution in [0.3, 0.4) is 0 Å². The molecule has 2 N–H and O–H groups in total. The summed E-state index contributed by atoms with van der Waals surface area (Å²) in [4.78, 5) is 2.75. The molecular weight excluding hydrogens is 210 g/mol. The van der Waals surface area contributed by atoms with Gasteiger partial charge in [-0.3, -0.25) is 0 Å². The van der Waals surface area contributed by atoms with E-state index in [4.69, 9.17) is 0 Å². The van der Waals surface area contributed by atoms with Crippen LogP contribution in [0.5, 0.6) is 0 Å². The van der Waals surface area contributed by atoms with E-state index in [1.165, 1.54) is 58.7 Å². The monoisotopic (exact) mass is 237 g/mol. The van der Waals surface area contributed by atoms with E-state index in [9.17, 15) is 0 Å². The molecule has 3 nitrogen and oxygen atoms in total. The summed E-state index contributed by atoms with van der Waals surface area (Å²) in [7, 11) is 0. The Labute approximate surface area is 105 Å². The molecule has 0 aromatic carbocycles. The van der Waals surface area contributed by atoms with Gasteiger partial charge in [0.15, 0.2) is 0 Å². The van der Waals surface area contributed by atoms with Crippen molar-refractivity contribution in [1.82, 2.24) is 15.5 Å². The van der Waals surface area contributed by atoms with Crippen molar-refractivity contribution in [2.24, 2.45) is 16.7 Å². The van der Waals surface area contributed by atoms with Crippen LogP contribution >= 0.6 is 0 Å². The van der Waals surface area contributed by atoms with Crippen LogP contribution in [0.15, 0.2) is 0 Å². The first-order valence-electron chi connectivity index (χ1n) is 7.25. The topological polar surface area (TPSA) is 27.3 Å². The molecular formula is C14H27N3. The summed E-state index contributed by atoms with van der Waals surface area (Å²) in [6.07, 6.45) is 2.75. The Morgan fingerprint density at radius 1 is 1.00 bits per heavy atom. The second-order valence-electron chi connectivity index (χ2n) is 7.09. The van der Waals surface area contributed by atoms with E-state index in [1.54, 1.807) is 0 Å². The molecule has 3 fully saturated rings. The fraction of sp³-hybridized carbons (Fsp3) is 1.00. The summed E-state index contributed by atoms with van der Waals surface area (Å²) in [6, 6.07) is 0. The molecule has 3 heterocycles. The number of nitrogens with zero attached hydrogens (tertiary/aromatic N) is 1. The number of piperidine rings is 1. The molecule has 0 aromatic rings. The van der Waals surface area contributed by atoms with Gasteiger partial charge in [-0.1, -0.05) is 13.8 Å². The lowest BCUT2D eigenvalue weighted by Crippen LogP contribution is -2.37. The fourth-order valence-electron chi connectivity index (χ4n) is 4.14. The van der Waals surface area contributed by atoms with Crippen LogP contribution in [-0.2, 0) is 0 Å². The number of rotatable bonds is 2. The molecule has 0 bridgehead atoms. The van der Waals surface area contributed by atoms with E-state index < -0.39 is 0 Å². The van der Waals surface area contributed by atoms with Crippen molar-refractivity contribution in [2.45, 2.75) is 26.7 Å². The highest BCUT2D eigenvalue weighted by molar-refractivity contribution is 5.08. The van der Waals surface area contributed by atoms with E-state index >= 15 is 0 Å². The average Bonchev–Trinajstić information content (AvgIpc) is 2.67. The molecule has 0 amide bonds. The molecule has 0 aliphatic carbocycles. The largest absolute Gasteiger partial charge is 0.317 e. The van der Waals surface area contributed by atoms with E-state index in [0.29, 0.717) is 10.8 Å². The molecule has 0 radical (unpaired) electrons. The van der Waals surface area contributed by atoms with Gasteiger partial charge in [0.05, 0.1) is 0 Å². The second-order valence-corrected chi connectivity index (χ2v) is 7.09. The number of hydrogen-bond donors (Lipinski definition) is 2. The summed E-state index contributed by atoms with van der Waals surface area (Å²) in [5.74, 6) is 0.940. The fourth-order valence-corrected chi connectivity index (χ4v) is 4.14. The molecule has 3 aliphatic heterocycles. The predicted molar refractivity (Wildman–Crippen MR) is 71.1 cm³/mol. The normalized spacial score (nSPS) is 44.1. The number of fused-ring (bicyclic) bond motifs is 1. The summed E-state index contributed by atoms with van der Waals surface area (Å²) >= 11 is 0. The van der Waals surface area contributed by atoms with Crippen molar-refractivity contribution >= 4 is 0 Å². The van der Waals surface area contributed by atoms with Crippen molar-refractivity contribution in [3.05, 3.63) is 0 Å². The quantitative estimate of drug-likeness (QED) is 0.748. The van der Waals surface area contributed by atoms with Gasteiger partial charge in [-0.05, 0) is 31.8 Å². The minimum absolute atomic E-state index is 0.514. The molecule has 3 rings (SSSR count). The smallest absolute Gasteiger partial charge is 0.00541 e. The molecule has 17 heavy (non-hydrogen) atoms. The van der Waals surface area contributed by atoms with Crippen molar-refractivity contribution in [1.29, 1.82) is 0 Å². The second kappa shape index (κ2) is 4.22. The molecule has 2 unspecified atom stereocenters. The molecule has 0 spiro atoms. The number of nitrogens with one attached hydrogen (secondary N) is 2. The highest BCUT2D eigenvalue weighted by atomic mass is 15.2. The molecule has 0 saturated carbocycles. The van der Waals surface area contributed by atoms with E-state index in [0.717, 1.165) is 5.92 Å². The summed E-state index contributed by atoms with van der Waals surface area (Å²) < 4.78 is 0. The first-order valence-corrected chi connectivity index (χ1v) is 7.25. The summed E-state index contributed by atoms with van der Waals surface area (Å²) in [5, 5.41) is 7.06. The molecule has 3 aliphatic rings. The van der Waals surface area contributed by atoms with Crippen LogP contribution in [0.1, 0.15) is 26.7 Å². The summed E-state index contributed by atoms with van der Waals surface area (Å²) in [5.41, 5.74) is 1.03. The zero-order valence-corrected chi connectivity index (χ0v) is 11.4. The lowest BCUT2D eigenvalue weighted by atomic mass is 9.71. The maximum Gasteiger partial charge on any atom is 0.00541 e. The van der Waals surface area contributed by atoms with Crippen molar-refractivity contribution in [3.8, 4) is 0 Å². The Morgan fingerprint density at radius 3 is 2.18 bits per heavy atom. The molecule has 2 atom stereocenters. The average molecular weight is 237 g/mol. The molecule has 0 aromatic heterocycles. The first kappa shape index (κ1) is 11.9. The first-order chi connectivity index (χ1) is 8.11. The Kier molecular flexibility index (Phi) is 2.96. The van der Waals surface area contributed by atoms with Crippen molar-refractivity contribution in [3.63, 3.8) is 0 Å². The van der Waals surface area contributed by atoms with Gasteiger partial charge in [0.2, 0.25) is 0 Å². The Bertz CT molecular complexity index is 269. The van der Waals surface area contributed by atoms with Crippen LogP contribution in [0.4, 0.5) is 0 Å². The van der Waals surface area contributed by atoms with Crippen LogP contribution in [0.2, 0.25) is 0 Å². The zero-order valence-electron chi connectivity index (χ0n) is 11.4. The van der Waals surface area contributed by atoms with Crippen LogP contribution in [-0.4, -0.2) is 50.7 Å². The van der Waals surface area contributed by atoms with Gasteiger partial charge in [-0.2, -0.15) is 0 Å². The SMILES string of the molecule is CC12CNCC1(C)CN(CC1CCNCC1)C2. The van der Waals surface area contributed by atoms with Gasteiger partial charge < -0.3 is 15.5 Å². The van der Waals surface area contributed by atoms with Crippen LogP contribution < -0.4 is 10.6 Å². The Balaban J connectivity index is 1.60. The zero-order chi connectivity index (χ0) is 11.9. The third-order valence-corrected chi connectivity index (χ3v) is 5.61. The Hall–Kier alpha value is -0.120. The van der Waals surface area contributed by atoms with Crippen LogP contribution in [0.25, 0.3) is 0 Å². The maximum absolute atomic E-state index is 3.59. The van der Waals surface area contributed by atoms with Gasteiger partial charge in [0.25, 0.3) is 0 Å². The van der Waals surface area contributed by atoms with Crippen LogP contribution in [0, 0.1) is 16.7 Å². The van der Waals surface area contributed by atoms with Gasteiger partial charge in [0, 0.05) is 43.6 Å². The Morgan fingerprint density at radius 2 is 1.59 bits per heavy atom. The van der Waals surface area contributed by atoms with E-state index in [-0.39, 0.29) is 0 Å². The highest BCUT2D eigenvalue weighted by Crippen LogP contribution is 2.48. The standard InChI is InChI=1S/C14H27N3/c1-13-8-16-9-14(13,2)11-17(10-13)7-12-3-5-15-6-4-12/h12,15-16H,3-11H2,1-2H3. The van der Waals surface area contributed by atoms with Crippen molar-refractivity contribution in [2.75, 3.05) is 45.8 Å². The minimum Gasteiger partial charge on any atom is -0.317 e. The van der Waals surface area contributed by atoms with E-state index in [1.807, 2.05) is 0 Å². The van der Waals surface area contributed by atoms with E-state index in [2.05, 4.69) is 29.4 Å². The predicted octanol–water partition coefficient (Wildman–Crippen LogP) is 0.917. The van der Waals surface area contributed by atoms with Crippen molar-refractivity contribution < 1.29 is 0 Å². The van der Waals surface area contributed by atoms with Gasteiger partial charge in [0.1, 0.15) is 0 Å². The molecule has 3 heteroatoms. The minimum atomic E-state index is 0.514. The maximum atomic E-state index is 3.59. The summed E-state index contributed by atoms with van der Waals surface area (Å²) in [6.45, 7) is 13.8. The number of hydrogen-bond acceptors (Lipinski definition) is 3. The molecule has 98 valence electrons. The van der Waals surface area contributed by atoms with Gasteiger partial charge in [-0.25, -0.2) is 0 Å². The third kappa shape index (κ3) is 2.02. The molecule has 3 saturated heterocycles. The lowest BCUT2D eigenvalue weighted by molar-refractivity contribution is 0.212. The third-order valence-electron chi connectivity index (χ3n) is 5.61. The van der Waals surface area contributed by atoms with Gasteiger partial charge in [-0.15, -0.1) is 0 Å². The van der Waals surface area contributed by atoms with Gasteiger partial charge >= 0.3 is 0 Å². The number of likely N-dealkylation sites (tertiary alicyclic amines) is 1. The lowest BCUT2D eigenvalue weighted by Gasteiger charge is -2.31.